The highest BCUT2D eigenvalue weighted by atomic mass is 32.2. The van der Waals surface area contributed by atoms with E-state index in [0.717, 1.165) is 43.7 Å². The summed E-state index contributed by atoms with van der Waals surface area (Å²) in [5.41, 5.74) is 5.41. The maximum Gasteiger partial charge on any atom is 0.258 e. The minimum atomic E-state index is -3.39. The Hall–Kier alpha value is -3.98. The molecule has 0 saturated heterocycles. The molecule has 4 aromatic carbocycles. The molecule has 1 aromatic heterocycles. The Bertz CT molecular complexity index is 1980. The van der Waals surface area contributed by atoms with Crippen molar-refractivity contribution < 1.29 is 18.3 Å². The predicted octanol–water partition coefficient (Wildman–Crippen LogP) is 8.02. The first-order valence-corrected chi connectivity index (χ1v) is 18.3. The number of anilines is 1. The molecule has 5 aromatic rings. The summed E-state index contributed by atoms with van der Waals surface area (Å²) < 4.78 is 24.4. The molecule has 0 fully saturated rings. The summed E-state index contributed by atoms with van der Waals surface area (Å²) in [5, 5.41) is 11.3. The summed E-state index contributed by atoms with van der Waals surface area (Å²) in [6, 6.07) is 30.9. The number of aliphatic hydroxyl groups is 1. The number of fused-ring (bicyclic) bond motifs is 1. The molecule has 238 valence electrons. The SMILES string of the molecule is CSc1ccc(N(CCc2cccc(-c3cc(C(C)(C)S(C)(=O)=O)cc4cccnc34)c2)C(=O)c2ccc(C(C)(C)O)cc2)cc1. The van der Waals surface area contributed by atoms with E-state index in [-0.39, 0.29) is 5.91 Å². The Morgan fingerprint density at radius 1 is 0.870 bits per heavy atom. The van der Waals surface area contributed by atoms with Crippen LogP contribution in [-0.2, 0) is 26.6 Å². The fourth-order valence-corrected chi connectivity index (χ4v) is 6.35. The van der Waals surface area contributed by atoms with Crippen LogP contribution in [0.4, 0.5) is 5.69 Å². The molecular formula is C38H40N2O4S2. The van der Waals surface area contributed by atoms with E-state index >= 15 is 0 Å². The van der Waals surface area contributed by atoms with Crippen LogP contribution in [0.3, 0.4) is 0 Å². The van der Waals surface area contributed by atoms with Gasteiger partial charge in [0.2, 0.25) is 0 Å². The maximum atomic E-state index is 13.9. The second kappa shape index (κ2) is 13.0. The van der Waals surface area contributed by atoms with Crippen molar-refractivity contribution >= 4 is 44.1 Å². The number of aromatic nitrogens is 1. The summed E-state index contributed by atoms with van der Waals surface area (Å²) in [4.78, 5) is 21.5. The monoisotopic (exact) mass is 652 g/mol. The zero-order valence-electron chi connectivity index (χ0n) is 27.1. The van der Waals surface area contributed by atoms with Crippen molar-refractivity contribution in [1.82, 2.24) is 4.98 Å². The Morgan fingerprint density at radius 3 is 2.20 bits per heavy atom. The number of carbonyl (C=O) groups is 1. The number of amides is 1. The number of carbonyl (C=O) groups excluding carboxylic acids is 1. The highest BCUT2D eigenvalue weighted by Gasteiger charge is 2.33. The maximum absolute atomic E-state index is 13.9. The lowest BCUT2D eigenvalue weighted by molar-refractivity contribution is 0.0784. The fraction of sp³-hybridized carbons (Fsp3) is 0.263. The lowest BCUT2D eigenvalue weighted by atomic mass is 9.92. The molecule has 0 aliphatic rings. The average Bonchev–Trinajstić information content (AvgIpc) is 3.03. The van der Waals surface area contributed by atoms with Gasteiger partial charge in [0.25, 0.3) is 5.91 Å². The van der Waals surface area contributed by atoms with Crippen LogP contribution in [0.25, 0.3) is 22.0 Å². The van der Waals surface area contributed by atoms with Crippen LogP contribution in [-0.4, -0.2) is 43.5 Å². The van der Waals surface area contributed by atoms with E-state index in [1.54, 1.807) is 74.8 Å². The van der Waals surface area contributed by atoms with E-state index in [1.807, 2.05) is 73.0 Å². The second-order valence-electron chi connectivity index (χ2n) is 12.6. The zero-order chi connectivity index (χ0) is 33.3. The largest absolute Gasteiger partial charge is 0.386 e. The van der Waals surface area contributed by atoms with Gasteiger partial charge in [0.15, 0.2) is 9.84 Å². The molecule has 0 spiro atoms. The lowest BCUT2D eigenvalue weighted by Crippen LogP contribution is -2.33. The van der Waals surface area contributed by atoms with Gasteiger partial charge >= 0.3 is 0 Å². The van der Waals surface area contributed by atoms with Crippen molar-refractivity contribution in [3.05, 3.63) is 126 Å². The molecule has 46 heavy (non-hydrogen) atoms. The minimum absolute atomic E-state index is 0.124. The van der Waals surface area contributed by atoms with E-state index in [9.17, 15) is 18.3 Å². The molecule has 0 aliphatic heterocycles. The smallest absolute Gasteiger partial charge is 0.258 e. The van der Waals surface area contributed by atoms with Crippen molar-refractivity contribution in [2.24, 2.45) is 0 Å². The second-order valence-corrected chi connectivity index (χ2v) is 16.1. The third-order valence-electron chi connectivity index (χ3n) is 8.66. The number of sulfone groups is 1. The van der Waals surface area contributed by atoms with Crippen LogP contribution in [0.15, 0.2) is 108 Å². The topological polar surface area (TPSA) is 87.6 Å². The van der Waals surface area contributed by atoms with Crippen LogP contribution in [0.2, 0.25) is 0 Å². The molecule has 1 amide bonds. The number of rotatable bonds is 10. The highest BCUT2D eigenvalue weighted by molar-refractivity contribution is 7.98. The van der Waals surface area contributed by atoms with Gasteiger partial charge < -0.3 is 10.0 Å². The lowest BCUT2D eigenvalue weighted by Gasteiger charge is -2.25. The van der Waals surface area contributed by atoms with E-state index in [2.05, 4.69) is 11.1 Å². The average molecular weight is 653 g/mol. The standard InChI is InChI=1S/C38H40N2O4S2/c1-37(2,42)30-14-12-27(13-15-30)36(41)40(32-16-18-33(45-5)19-17-32)22-20-26-9-7-10-28(23-26)34-25-31(38(3,4)46(6,43)44)24-29-11-8-21-39-35(29)34/h7-19,21,23-25,42H,20,22H2,1-6H3. The fourth-order valence-electron chi connectivity index (χ4n) is 5.40. The number of hydrogen-bond acceptors (Lipinski definition) is 6. The van der Waals surface area contributed by atoms with E-state index < -0.39 is 20.2 Å². The quantitative estimate of drug-likeness (QED) is 0.154. The third kappa shape index (κ3) is 7.04. The van der Waals surface area contributed by atoms with Crippen LogP contribution in [0.1, 0.15) is 54.7 Å². The Kier molecular flexibility index (Phi) is 9.45. The molecule has 8 heteroatoms. The molecule has 0 unspecified atom stereocenters. The third-order valence-corrected chi connectivity index (χ3v) is 11.5. The molecule has 0 bridgehead atoms. The van der Waals surface area contributed by atoms with Gasteiger partial charge in [-0.1, -0.05) is 42.5 Å². The molecule has 5 rings (SSSR count). The van der Waals surface area contributed by atoms with Crippen LogP contribution in [0.5, 0.6) is 0 Å². The van der Waals surface area contributed by atoms with Crippen LogP contribution >= 0.6 is 11.8 Å². The Morgan fingerprint density at radius 2 is 1.57 bits per heavy atom. The van der Waals surface area contributed by atoms with Crippen LogP contribution in [0, 0.1) is 0 Å². The van der Waals surface area contributed by atoms with Gasteiger partial charge in [-0.2, -0.15) is 0 Å². The number of benzene rings is 4. The Labute approximate surface area is 276 Å². The van der Waals surface area contributed by atoms with E-state index in [1.165, 1.54) is 6.26 Å². The number of pyridine rings is 1. The molecule has 6 nitrogen and oxygen atoms in total. The summed E-state index contributed by atoms with van der Waals surface area (Å²) in [5.74, 6) is -0.124. The van der Waals surface area contributed by atoms with Crippen molar-refractivity contribution in [1.29, 1.82) is 0 Å². The first-order valence-electron chi connectivity index (χ1n) is 15.2. The van der Waals surface area contributed by atoms with E-state index in [0.29, 0.717) is 24.1 Å². The van der Waals surface area contributed by atoms with Gasteiger partial charge in [0.05, 0.1) is 15.9 Å². The van der Waals surface area contributed by atoms with Gasteiger partial charge in [-0.3, -0.25) is 9.78 Å². The van der Waals surface area contributed by atoms with Crippen molar-refractivity contribution in [2.45, 2.75) is 49.4 Å². The number of nitrogens with zero attached hydrogens (tertiary/aromatic N) is 2. The molecule has 0 atom stereocenters. The van der Waals surface area contributed by atoms with Crippen molar-refractivity contribution in [2.75, 3.05) is 24.0 Å². The van der Waals surface area contributed by atoms with Gasteiger partial charge in [-0.15, -0.1) is 11.8 Å². The first-order chi connectivity index (χ1) is 21.7. The zero-order valence-corrected chi connectivity index (χ0v) is 28.7. The molecule has 1 heterocycles. The van der Waals surface area contributed by atoms with Gasteiger partial charge in [-0.05, 0) is 117 Å². The molecule has 0 saturated carbocycles. The Balaban J connectivity index is 1.49. The van der Waals surface area contributed by atoms with E-state index in [4.69, 9.17) is 0 Å². The molecule has 0 aliphatic carbocycles. The van der Waals surface area contributed by atoms with Crippen molar-refractivity contribution in [3.63, 3.8) is 0 Å². The summed E-state index contributed by atoms with van der Waals surface area (Å²) >= 11 is 1.65. The van der Waals surface area contributed by atoms with Crippen LogP contribution < -0.4 is 4.90 Å². The molecular weight excluding hydrogens is 613 g/mol. The number of thioether (sulfide) groups is 1. The minimum Gasteiger partial charge on any atom is -0.386 e. The summed E-state index contributed by atoms with van der Waals surface area (Å²) in [7, 11) is -3.39. The highest BCUT2D eigenvalue weighted by Crippen LogP contribution is 2.36. The first kappa shape index (κ1) is 33.4. The summed E-state index contributed by atoms with van der Waals surface area (Å²) in [6.45, 7) is 7.35. The van der Waals surface area contributed by atoms with Gasteiger partial charge in [-0.25, -0.2) is 8.42 Å². The summed E-state index contributed by atoms with van der Waals surface area (Å²) in [6.07, 6.45) is 5.62. The molecule has 0 radical (unpaired) electrons. The van der Waals surface area contributed by atoms with Crippen molar-refractivity contribution in [3.8, 4) is 11.1 Å². The van der Waals surface area contributed by atoms with Gasteiger partial charge in [0, 0.05) is 46.1 Å². The number of hydrogen-bond donors (Lipinski definition) is 1. The van der Waals surface area contributed by atoms with Gasteiger partial charge in [0.1, 0.15) is 0 Å². The molecule has 1 N–H and O–H groups in total. The predicted molar refractivity (Wildman–Crippen MR) is 190 cm³/mol. The normalized spacial score (nSPS) is 12.3.